The van der Waals surface area contributed by atoms with E-state index in [0.29, 0.717) is 6.42 Å². The Morgan fingerprint density at radius 1 is 0.870 bits per heavy atom. The summed E-state index contributed by atoms with van der Waals surface area (Å²) in [6.45, 7) is 20.6. The molecule has 1 atom stereocenters. The summed E-state index contributed by atoms with van der Waals surface area (Å²) < 4.78 is 10.4. The summed E-state index contributed by atoms with van der Waals surface area (Å²) >= 11 is 0. The fourth-order valence-corrected chi connectivity index (χ4v) is 1.36. The number of hydrogen-bond donors (Lipinski definition) is 1. The molecule has 5 nitrogen and oxygen atoms in total. The van der Waals surface area contributed by atoms with Crippen molar-refractivity contribution in [1.82, 2.24) is 5.32 Å². The predicted molar refractivity (Wildman–Crippen MR) is 96.6 cm³/mol. The first-order chi connectivity index (χ1) is 10.4. The number of nitrogens with one attached hydrogen (secondary N) is 1. The van der Waals surface area contributed by atoms with Gasteiger partial charge in [0.1, 0.15) is 17.2 Å². The Morgan fingerprint density at radius 3 is 1.57 bits per heavy atom. The molecule has 140 valence electrons. The lowest BCUT2D eigenvalue weighted by Crippen LogP contribution is -2.45. The third-order valence-electron chi connectivity index (χ3n) is 1.96. The maximum absolute atomic E-state index is 12.0. The smallest absolute Gasteiger partial charge is 0.408 e. The second-order valence-corrected chi connectivity index (χ2v) is 6.52. The molecule has 0 rings (SSSR count). The van der Waals surface area contributed by atoms with Gasteiger partial charge in [0.05, 0.1) is 0 Å². The summed E-state index contributed by atoms with van der Waals surface area (Å²) in [6.07, 6.45) is 0.685. The van der Waals surface area contributed by atoms with Crippen molar-refractivity contribution in [1.29, 1.82) is 0 Å². The molecular weight excluding hydrogens is 294 g/mol. The van der Waals surface area contributed by atoms with Crippen molar-refractivity contribution in [2.24, 2.45) is 0 Å². The Balaban J connectivity index is -0.000000919. The van der Waals surface area contributed by atoms with Crippen LogP contribution < -0.4 is 5.32 Å². The zero-order valence-electron chi connectivity index (χ0n) is 17.1. The van der Waals surface area contributed by atoms with Crippen molar-refractivity contribution < 1.29 is 19.1 Å². The van der Waals surface area contributed by atoms with Gasteiger partial charge in [0.15, 0.2) is 0 Å². The maximum atomic E-state index is 12.0. The van der Waals surface area contributed by atoms with Gasteiger partial charge in [-0.15, -0.1) is 0 Å². The number of hydrogen-bond acceptors (Lipinski definition) is 4. The summed E-state index contributed by atoms with van der Waals surface area (Å²) in [6, 6.07) is -0.668. The van der Waals surface area contributed by atoms with Crippen LogP contribution in [0.15, 0.2) is 0 Å². The van der Waals surface area contributed by atoms with Crippen LogP contribution in [0, 0.1) is 0 Å². The Bertz CT molecular complexity index is 314. The van der Waals surface area contributed by atoms with Crippen LogP contribution in [0.5, 0.6) is 0 Å². The van der Waals surface area contributed by atoms with Crippen LogP contribution >= 0.6 is 0 Å². The molecule has 0 aliphatic heterocycles. The van der Waals surface area contributed by atoms with Crippen molar-refractivity contribution in [3.63, 3.8) is 0 Å². The Labute approximate surface area is 143 Å². The predicted octanol–water partition coefficient (Wildman–Crippen LogP) is 5.07. The van der Waals surface area contributed by atoms with Crippen LogP contribution in [0.25, 0.3) is 0 Å². The number of carbonyl (C=O) groups excluding carboxylic acids is 2. The average molecular weight is 334 g/mol. The van der Waals surface area contributed by atoms with Crippen LogP contribution in [0.2, 0.25) is 0 Å². The lowest BCUT2D eigenvalue weighted by molar-refractivity contribution is -0.157. The van der Waals surface area contributed by atoms with Gasteiger partial charge in [0.25, 0.3) is 0 Å². The monoisotopic (exact) mass is 333 g/mol. The van der Waals surface area contributed by atoms with E-state index in [9.17, 15) is 9.59 Å². The van der Waals surface area contributed by atoms with Crippen LogP contribution in [0.1, 0.15) is 89.0 Å². The molecule has 1 N–H and O–H groups in total. The van der Waals surface area contributed by atoms with Crippen molar-refractivity contribution in [2.45, 2.75) is 106 Å². The van der Waals surface area contributed by atoms with Crippen LogP contribution in [0.4, 0.5) is 4.79 Å². The Kier molecular flexibility index (Phi) is 15.3. The lowest BCUT2D eigenvalue weighted by atomic mass is 10.1. The number of alkyl carbamates (subject to hydrolysis) is 1. The molecule has 1 amide bonds. The number of esters is 1. The van der Waals surface area contributed by atoms with Crippen molar-refractivity contribution in [3.8, 4) is 0 Å². The summed E-state index contributed by atoms with van der Waals surface area (Å²) in [5, 5.41) is 2.56. The quantitative estimate of drug-likeness (QED) is 0.729. The van der Waals surface area contributed by atoms with E-state index in [1.165, 1.54) is 0 Å². The molecule has 0 bridgehead atoms. The van der Waals surface area contributed by atoms with Gasteiger partial charge in [-0.05, 0) is 48.0 Å². The first-order valence-electron chi connectivity index (χ1n) is 8.67. The largest absolute Gasteiger partial charge is 0.458 e. The SMILES string of the molecule is CC.CC.CCCC(NC(=O)OC(C)(C)C)C(=O)OC(C)(C)C. The molecular formula is C18H39NO4. The van der Waals surface area contributed by atoms with E-state index in [0.717, 1.165) is 6.42 Å². The van der Waals surface area contributed by atoms with Crippen molar-refractivity contribution >= 4 is 12.1 Å². The zero-order valence-corrected chi connectivity index (χ0v) is 17.1. The number of carbonyl (C=O) groups is 2. The summed E-state index contributed by atoms with van der Waals surface area (Å²) in [5.41, 5.74) is -1.16. The molecule has 0 saturated carbocycles. The lowest BCUT2D eigenvalue weighted by Gasteiger charge is -2.26. The Hall–Kier alpha value is -1.26. The molecule has 0 aliphatic rings. The van der Waals surface area contributed by atoms with Gasteiger partial charge in [0, 0.05) is 0 Å². The Morgan fingerprint density at radius 2 is 1.26 bits per heavy atom. The molecule has 0 heterocycles. The number of rotatable bonds is 4. The third kappa shape index (κ3) is 18.7. The fourth-order valence-electron chi connectivity index (χ4n) is 1.36. The fraction of sp³-hybridized carbons (Fsp3) is 0.889. The summed E-state index contributed by atoms with van der Waals surface area (Å²) in [4.78, 5) is 23.6. The van der Waals surface area contributed by atoms with Gasteiger partial charge >= 0.3 is 12.1 Å². The normalized spacial score (nSPS) is 11.8. The van der Waals surface area contributed by atoms with E-state index in [4.69, 9.17) is 9.47 Å². The van der Waals surface area contributed by atoms with Crippen LogP contribution in [-0.2, 0) is 14.3 Å². The minimum Gasteiger partial charge on any atom is -0.458 e. The number of ether oxygens (including phenoxy) is 2. The molecule has 0 saturated heterocycles. The molecule has 0 radical (unpaired) electrons. The molecule has 0 aliphatic carbocycles. The van der Waals surface area contributed by atoms with Gasteiger partial charge in [-0.3, -0.25) is 0 Å². The second-order valence-electron chi connectivity index (χ2n) is 6.52. The van der Waals surface area contributed by atoms with Gasteiger partial charge in [-0.25, -0.2) is 9.59 Å². The first-order valence-corrected chi connectivity index (χ1v) is 8.67. The van der Waals surface area contributed by atoms with E-state index in [1.807, 2.05) is 34.6 Å². The minimum absolute atomic E-state index is 0.430. The average Bonchev–Trinajstić information content (AvgIpc) is 2.39. The molecule has 0 spiro atoms. The molecule has 0 aromatic carbocycles. The molecule has 0 aromatic heterocycles. The standard InChI is InChI=1S/C14H27NO4.2C2H6/c1-8-9-10(11(16)18-13(2,3)4)15-12(17)19-14(5,6)7;2*1-2/h10H,8-9H2,1-7H3,(H,15,17);2*1-2H3. The minimum atomic E-state index is -0.668. The van der Waals surface area contributed by atoms with Gasteiger partial charge in [-0.1, -0.05) is 41.0 Å². The van der Waals surface area contributed by atoms with E-state index in [-0.39, 0.29) is 0 Å². The zero-order chi connectivity index (χ0) is 19.3. The maximum Gasteiger partial charge on any atom is 0.408 e. The molecule has 1 unspecified atom stereocenters. The third-order valence-corrected chi connectivity index (χ3v) is 1.96. The van der Waals surface area contributed by atoms with Gasteiger partial charge in [0.2, 0.25) is 0 Å². The summed E-state index contributed by atoms with van der Waals surface area (Å²) in [7, 11) is 0. The van der Waals surface area contributed by atoms with E-state index in [2.05, 4.69) is 5.32 Å². The van der Waals surface area contributed by atoms with E-state index >= 15 is 0 Å². The highest BCUT2D eigenvalue weighted by atomic mass is 16.6. The first kappa shape index (κ1) is 26.6. The van der Waals surface area contributed by atoms with Gasteiger partial charge < -0.3 is 14.8 Å². The van der Waals surface area contributed by atoms with Crippen molar-refractivity contribution in [3.05, 3.63) is 0 Å². The number of amides is 1. The van der Waals surface area contributed by atoms with E-state index in [1.54, 1.807) is 41.5 Å². The topological polar surface area (TPSA) is 64.6 Å². The van der Waals surface area contributed by atoms with Crippen LogP contribution in [0.3, 0.4) is 0 Å². The molecule has 0 aromatic rings. The molecule has 23 heavy (non-hydrogen) atoms. The molecule has 0 fully saturated rings. The highest BCUT2D eigenvalue weighted by molar-refractivity contribution is 5.81. The highest BCUT2D eigenvalue weighted by Crippen LogP contribution is 2.12. The summed E-state index contributed by atoms with van der Waals surface area (Å²) in [5.74, 6) is -0.430. The van der Waals surface area contributed by atoms with Gasteiger partial charge in [-0.2, -0.15) is 0 Å². The van der Waals surface area contributed by atoms with Crippen LogP contribution in [-0.4, -0.2) is 29.3 Å². The van der Waals surface area contributed by atoms with E-state index < -0.39 is 29.3 Å². The highest BCUT2D eigenvalue weighted by Gasteiger charge is 2.27. The van der Waals surface area contributed by atoms with Crippen molar-refractivity contribution in [2.75, 3.05) is 0 Å². The second kappa shape index (κ2) is 13.2. The molecule has 5 heteroatoms.